The van der Waals surface area contributed by atoms with Crippen molar-refractivity contribution in [1.82, 2.24) is 10.2 Å². The number of hydrogen-bond donors (Lipinski definition) is 1. The molecule has 2 rings (SSSR count). The third-order valence-corrected chi connectivity index (χ3v) is 4.95. The molecule has 3 atom stereocenters. The van der Waals surface area contributed by atoms with E-state index in [1.165, 1.54) is 6.42 Å². The van der Waals surface area contributed by atoms with Crippen molar-refractivity contribution < 1.29 is 9.47 Å². The van der Waals surface area contributed by atoms with Crippen LogP contribution in [-0.4, -0.2) is 63.0 Å². The van der Waals surface area contributed by atoms with Crippen LogP contribution in [0.3, 0.4) is 0 Å². The lowest BCUT2D eigenvalue weighted by Gasteiger charge is -2.40. The molecule has 2 saturated heterocycles. The summed E-state index contributed by atoms with van der Waals surface area (Å²) in [5, 5.41) is 3.57. The first-order valence-corrected chi connectivity index (χ1v) is 9.00. The van der Waals surface area contributed by atoms with E-state index in [1.807, 2.05) is 0 Å². The van der Waals surface area contributed by atoms with Gasteiger partial charge in [0.25, 0.3) is 0 Å². The highest BCUT2D eigenvalue weighted by Gasteiger charge is 2.32. The summed E-state index contributed by atoms with van der Waals surface area (Å²) in [4.78, 5) is 2.45. The fraction of sp³-hybridized carbons (Fsp3) is 1.00. The Hall–Kier alpha value is -0.160. The summed E-state index contributed by atoms with van der Waals surface area (Å²) in [7, 11) is 2.22. The van der Waals surface area contributed by atoms with Gasteiger partial charge in [0.2, 0.25) is 0 Å². The Kier molecular flexibility index (Phi) is 6.69. The van der Waals surface area contributed by atoms with Crippen molar-refractivity contribution in [3.05, 3.63) is 0 Å². The maximum atomic E-state index is 6.34. The maximum absolute atomic E-state index is 6.34. The second kappa shape index (κ2) is 8.09. The molecule has 22 heavy (non-hydrogen) atoms. The Labute approximate surface area is 136 Å². The number of morpholine rings is 2. The zero-order chi connectivity index (χ0) is 16.2. The average molecular weight is 312 g/mol. The lowest BCUT2D eigenvalue weighted by atomic mass is 9.80. The number of ether oxygens (including phenoxy) is 2. The van der Waals surface area contributed by atoms with E-state index in [0.29, 0.717) is 24.2 Å². The fourth-order valence-corrected chi connectivity index (χ4v) is 3.85. The number of nitrogens with one attached hydrogen (secondary N) is 1. The summed E-state index contributed by atoms with van der Waals surface area (Å²) < 4.78 is 12.0. The van der Waals surface area contributed by atoms with E-state index in [1.54, 1.807) is 0 Å². The van der Waals surface area contributed by atoms with Crippen LogP contribution in [0.4, 0.5) is 0 Å². The number of rotatable bonds is 6. The van der Waals surface area contributed by atoms with Crippen LogP contribution < -0.4 is 5.32 Å². The molecule has 130 valence electrons. The largest absolute Gasteiger partial charge is 0.378 e. The molecular weight excluding hydrogens is 276 g/mol. The Morgan fingerprint density at radius 3 is 2.59 bits per heavy atom. The predicted molar refractivity (Wildman–Crippen MR) is 91.2 cm³/mol. The molecule has 2 fully saturated rings. The molecule has 0 aliphatic carbocycles. The van der Waals surface area contributed by atoms with Crippen LogP contribution in [-0.2, 0) is 9.47 Å². The quantitative estimate of drug-likeness (QED) is 0.817. The monoisotopic (exact) mass is 312 g/mol. The molecule has 0 amide bonds. The number of nitrogens with zero attached hydrogens (tertiary/aromatic N) is 1. The van der Waals surface area contributed by atoms with Crippen molar-refractivity contribution in [3.8, 4) is 0 Å². The lowest BCUT2D eigenvalue weighted by Crippen LogP contribution is -2.48. The molecule has 4 nitrogen and oxygen atoms in total. The van der Waals surface area contributed by atoms with Crippen LogP contribution in [0.15, 0.2) is 0 Å². The van der Waals surface area contributed by atoms with Gasteiger partial charge in [-0.1, -0.05) is 27.7 Å². The first kappa shape index (κ1) is 18.2. The molecule has 0 aromatic rings. The third kappa shape index (κ3) is 5.80. The van der Waals surface area contributed by atoms with Gasteiger partial charge in [-0.05, 0) is 37.6 Å². The van der Waals surface area contributed by atoms with Gasteiger partial charge in [0, 0.05) is 25.7 Å². The van der Waals surface area contributed by atoms with Crippen molar-refractivity contribution in [1.29, 1.82) is 0 Å². The van der Waals surface area contributed by atoms with Gasteiger partial charge in [0.1, 0.15) is 0 Å². The van der Waals surface area contributed by atoms with Crippen LogP contribution in [0.25, 0.3) is 0 Å². The number of hydrogen-bond acceptors (Lipinski definition) is 4. The summed E-state index contributed by atoms with van der Waals surface area (Å²) in [5.41, 5.74) is 0.283. The highest BCUT2D eigenvalue weighted by molar-refractivity contribution is 4.85. The summed E-state index contributed by atoms with van der Waals surface area (Å²) in [6.45, 7) is 14.1. The van der Waals surface area contributed by atoms with Crippen LogP contribution in [0.5, 0.6) is 0 Å². The van der Waals surface area contributed by atoms with Crippen molar-refractivity contribution in [2.45, 2.75) is 65.2 Å². The van der Waals surface area contributed by atoms with Crippen molar-refractivity contribution in [3.63, 3.8) is 0 Å². The van der Waals surface area contributed by atoms with E-state index in [-0.39, 0.29) is 5.41 Å². The molecule has 3 unspecified atom stereocenters. The molecule has 4 heteroatoms. The van der Waals surface area contributed by atoms with Crippen LogP contribution in [0.1, 0.15) is 47.0 Å². The minimum Gasteiger partial charge on any atom is -0.378 e. The SMILES string of the molecule is CC(C)CC1CNCC(CC(C)(C)CC2COCCN2C)O1. The average Bonchev–Trinajstić information content (AvgIpc) is 2.40. The molecule has 0 spiro atoms. The molecule has 0 aromatic heterocycles. The van der Waals surface area contributed by atoms with E-state index in [4.69, 9.17) is 9.47 Å². The smallest absolute Gasteiger partial charge is 0.0709 e. The van der Waals surface area contributed by atoms with Gasteiger partial charge in [-0.15, -0.1) is 0 Å². The van der Waals surface area contributed by atoms with Gasteiger partial charge in [0.05, 0.1) is 25.4 Å². The fourth-order valence-electron chi connectivity index (χ4n) is 3.85. The number of likely N-dealkylation sites (N-methyl/N-ethyl adjacent to an activating group) is 1. The zero-order valence-corrected chi connectivity index (χ0v) is 15.2. The minimum atomic E-state index is 0.283. The van der Waals surface area contributed by atoms with Crippen LogP contribution in [0, 0.1) is 11.3 Å². The maximum Gasteiger partial charge on any atom is 0.0709 e. The molecule has 0 radical (unpaired) electrons. The summed E-state index contributed by atoms with van der Waals surface area (Å²) in [6, 6.07) is 0.548. The summed E-state index contributed by atoms with van der Waals surface area (Å²) in [5.74, 6) is 0.701. The first-order chi connectivity index (χ1) is 10.4. The van der Waals surface area contributed by atoms with Gasteiger partial charge in [-0.3, -0.25) is 4.90 Å². The van der Waals surface area contributed by atoms with Crippen LogP contribution in [0.2, 0.25) is 0 Å². The van der Waals surface area contributed by atoms with Gasteiger partial charge in [-0.25, -0.2) is 0 Å². The molecule has 2 heterocycles. The molecule has 1 N–H and O–H groups in total. The van der Waals surface area contributed by atoms with Crippen molar-refractivity contribution in [2.24, 2.45) is 11.3 Å². The van der Waals surface area contributed by atoms with Crippen molar-refractivity contribution >= 4 is 0 Å². The minimum absolute atomic E-state index is 0.283. The zero-order valence-electron chi connectivity index (χ0n) is 15.2. The molecule has 0 bridgehead atoms. The van der Waals surface area contributed by atoms with E-state index < -0.39 is 0 Å². The van der Waals surface area contributed by atoms with Crippen LogP contribution >= 0.6 is 0 Å². The standard InChI is InChI=1S/C18H36N2O2/c1-14(2)8-16-11-19-12-17(22-16)10-18(3,4)9-15-13-21-7-6-20(15)5/h14-17,19H,6-13H2,1-5H3. The summed E-state index contributed by atoms with van der Waals surface area (Å²) in [6.07, 6.45) is 4.19. The topological polar surface area (TPSA) is 33.7 Å². The van der Waals surface area contributed by atoms with E-state index in [0.717, 1.165) is 45.7 Å². The Balaban J connectivity index is 1.82. The van der Waals surface area contributed by atoms with Gasteiger partial charge >= 0.3 is 0 Å². The Morgan fingerprint density at radius 1 is 1.18 bits per heavy atom. The molecule has 2 aliphatic heterocycles. The second-order valence-corrected chi connectivity index (χ2v) is 8.45. The van der Waals surface area contributed by atoms with E-state index >= 15 is 0 Å². The Morgan fingerprint density at radius 2 is 1.91 bits per heavy atom. The highest BCUT2D eigenvalue weighted by Crippen LogP contribution is 2.32. The van der Waals surface area contributed by atoms with Gasteiger partial charge in [-0.2, -0.15) is 0 Å². The molecule has 0 aromatic carbocycles. The van der Waals surface area contributed by atoms with Gasteiger partial charge < -0.3 is 14.8 Å². The third-order valence-electron chi connectivity index (χ3n) is 4.95. The molecule has 2 aliphatic rings. The van der Waals surface area contributed by atoms with Gasteiger partial charge in [0.15, 0.2) is 0 Å². The first-order valence-electron chi connectivity index (χ1n) is 9.00. The summed E-state index contributed by atoms with van der Waals surface area (Å²) >= 11 is 0. The van der Waals surface area contributed by atoms with E-state index in [2.05, 4.69) is 45.0 Å². The molecular formula is C18H36N2O2. The van der Waals surface area contributed by atoms with Crippen molar-refractivity contribution in [2.75, 3.05) is 39.9 Å². The second-order valence-electron chi connectivity index (χ2n) is 8.45. The highest BCUT2D eigenvalue weighted by atomic mass is 16.5. The normalized spacial score (nSPS) is 31.6. The lowest BCUT2D eigenvalue weighted by molar-refractivity contribution is -0.0699. The Bertz CT molecular complexity index is 333. The van der Waals surface area contributed by atoms with E-state index in [9.17, 15) is 0 Å². The molecule has 0 saturated carbocycles. The predicted octanol–water partition coefficient (Wildman–Crippen LogP) is 2.53.